The molecule has 1 aromatic rings. The number of ether oxygens (including phenoxy) is 2. The third-order valence-electron chi connectivity index (χ3n) is 4.89. The molecule has 6 nitrogen and oxygen atoms in total. The number of nitrogens with zero attached hydrogens (tertiary/aromatic N) is 1. The van der Waals surface area contributed by atoms with Crippen LogP contribution in [0.2, 0.25) is 0 Å². The van der Waals surface area contributed by atoms with Crippen molar-refractivity contribution in [1.82, 2.24) is 15.6 Å². The fourth-order valence-electron chi connectivity index (χ4n) is 3.39. The Morgan fingerprint density at radius 2 is 2.08 bits per heavy atom. The topological polar surface area (TPSA) is 72.5 Å². The molecule has 8 heteroatoms. The molecule has 26 heavy (non-hydrogen) atoms. The van der Waals surface area contributed by atoms with Gasteiger partial charge in [-0.2, -0.15) is 4.98 Å². The number of hydrogen-bond acceptors (Lipinski definition) is 5. The zero-order valence-electron chi connectivity index (χ0n) is 14.9. The van der Waals surface area contributed by atoms with Crippen molar-refractivity contribution in [3.63, 3.8) is 0 Å². The fourth-order valence-corrected chi connectivity index (χ4v) is 3.39. The van der Waals surface area contributed by atoms with Gasteiger partial charge in [0.05, 0.1) is 13.2 Å². The molecular formula is C18H25F2N3O3. The first kappa shape index (κ1) is 18.8. The van der Waals surface area contributed by atoms with Gasteiger partial charge in [-0.15, -0.1) is 0 Å². The van der Waals surface area contributed by atoms with Gasteiger partial charge in [-0.25, -0.2) is 8.78 Å². The standard InChI is InChI=1S/C18H25F2N3O3/c1-25-17-11(10-22-16(24)15-3-2-8-21-15)9-14(20)18(23-17)26-13-6-4-12(19)5-7-13/h9,12-13,15,21H,2-8,10H2,1H3,(H,22,24)/t12-,13-,15-/m0/s1. The van der Waals surface area contributed by atoms with E-state index in [4.69, 9.17) is 9.47 Å². The monoisotopic (exact) mass is 369 g/mol. The Kier molecular flexibility index (Phi) is 6.24. The number of halogens is 2. The maximum Gasteiger partial charge on any atom is 0.254 e. The lowest BCUT2D eigenvalue weighted by Crippen LogP contribution is -2.40. The molecule has 0 unspecified atom stereocenters. The van der Waals surface area contributed by atoms with Crippen LogP contribution in [0.4, 0.5) is 8.78 Å². The Hall–Kier alpha value is -1.96. The number of rotatable bonds is 6. The van der Waals surface area contributed by atoms with Gasteiger partial charge < -0.3 is 20.1 Å². The maximum atomic E-state index is 14.4. The molecule has 3 rings (SSSR count). The minimum atomic E-state index is -0.803. The zero-order chi connectivity index (χ0) is 18.5. The minimum Gasteiger partial charge on any atom is -0.481 e. The number of carbonyl (C=O) groups excluding carboxylic acids is 1. The Morgan fingerprint density at radius 3 is 2.73 bits per heavy atom. The van der Waals surface area contributed by atoms with Crippen LogP contribution in [0.25, 0.3) is 0 Å². The molecule has 0 bridgehead atoms. The van der Waals surface area contributed by atoms with Crippen LogP contribution in [0.15, 0.2) is 6.07 Å². The molecule has 1 amide bonds. The lowest BCUT2D eigenvalue weighted by atomic mass is 9.96. The van der Waals surface area contributed by atoms with Gasteiger partial charge in [0, 0.05) is 12.1 Å². The highest BCUT2D eigenvalue weighted by Crippen LogP contribution is 2.29. The van der Waals surface area contributed by atoms with E-state index < -0.39 is 12.0 Å². The second-order valence-corrected chi connectivity index (χ2v) is 6.80. The first-order chi connectivity index (χ1) is 12.6. The molecule has 2 N–H and O–H groups in total. The first-order valence-corrected chi connectivity index (χ1v) is 9.12. The Morgan fingerprint density at radius 1 is 1.31 bits per heavy atom. The normalized spacial score (nSPS) is 25.7. The predicted molar refractivity (Wildman–Crippen MR) is 91.4 cm³/mol. The highest BCUT2D eigenvalue weighted by molar-refractivity contribution is 5.82. The van der Waals surface area contributed by atoms with Gasteiger partial charge in [-0.3, -0.25) is 4.79 Å². The number of methoxy groups -OCH3 is 1. The molecular weight excluding hydrogens is 344 g/mol. The van der Waals surface area contributed by atoms with E-state index in [1.165, 1.54) is 13.2 Å². The molecule has 1 atom stereocenters. The summed E-state index contributed by atoms with van der Waals surface area (Å²) >= 11 is 0. The van der Waals surface area contributed by atoms with Gasteiger partial charge >= 0.3 is 0 Å². The van der Waals surface area contributed by atoms with Crippen molar-refractivity contribution in [2.24, 2.45) is 0 Å². The number of aromatic nitrogens is 1. The number of amides is 1. The van der Waals surface area contributed by atoms with Gasteiger partial charge in [0.15, 0.2) is 5.82 Å². The molecule has 1 aromatic heterocycles. The second-order valence-electron chi connectivity index (χ2n) is 6.80. The van der Waals surface area contributed by atoms with E-state index in [1.807, 2.05) is 0 Å². The maximum absolute atomic E-state index is 14.4. The van der Waals surface area contributed by atoms with Crippen molar-refractivity contribution in [3.8, 4) is 11.8 Å². The average Bonchev–Trinajstić information content (AvgIpc) is 3.18. The van der Waals surface area contributed by atoms with Crippen molar-refractivity contribution in [2.45, 2.75) is 63.4 Å². The summed E-state index contributed by atoms with van der Waals surface area (Å²) in [5, 5.41) is 5.89. The fraction of sp³-hybridized carbons (Fsp3) is 0.667. The van der Waals surface area contributed by atoms with Crippen molar-refractivity contribution >= 4 is 5.91 Å². The van der Waals surface area contributed by atoms with Crippen LogP contribution < -0.4 is 20.1 Å². The smallest absolute Gasteiger partial charge is 0.254 e. The van der Waals surface area contributed by atoms with Crippen LogP contribution in [0.5, 0.6) is 11.8 Å². The number of pyridine rings is 1. The SMILES string of the molecule is COc1nc(O[C@H]2CC[C@H](F)CC2)c(F)cc1CNC(=O)[C@@H]1CCCN1. The molecule has 1 saturated carbocycles. The van der Waals surface area contributed by atoms with Gasteiger partial charge in [0.1, 0.15) is 12.3 Å². The van der Waals surface area contributed by atoms with Crippen LogP contribution >= 0.6 is 0 Å². The summed E-state index contributed by atoms with van der Waals surface area (Å²) in [6, 6.07) is 1.07. The number of nitrogens with one attached hydrogen (secondary N) is 2. The van der Waals surface area contributed by atoms with Crippen molar-refractivity contribution in [2.75, 3.05) is 13.7 Å². The molecule has 0 radical (unpaired) electrons. The van der Waals surface area contributed by atoms with E-state index in [9.17, 15) is 13.6 Å². The predicted octanol–water partition coefficient (Wildman–Crippen LogP) is 2.26. The Balaban J connectivity index is 1.63. The first-order valence-electron chi connectivity index (χ1n) is 9.12. The summed E-state index contributed by atoms with van der Waals surface area (Å²) in [7, 11) is 1.43. The van der Waals surface area contributed by atoms with Gasteiger partial charge in [-0.1, -0.05) is 0 Å². The molecule has 2 aliphatic rings. The lowest BCUT2D eigenvalue weighted by Gasteiger charge is -2.25. The third-order valence-corrected chi connectivity index (χ3v) is 4.89. The molecule has 1 saturated heterocycles. The van der Waals surface area contributed by atoms with Crippen LogP contribution in [-0.2, 0) is 11.3 Å². The Bertz CT molecular complexity index is 630. The largest absolute Gasteiger partial charge is 0.481 e. The van der Waals surface area contributed by atoms with Crippen molar-refractivity contribution in [1.29, 1.82) is 0 Å². The summed E-state index contributed by atoms with van der Waals surface area (Å²) in [6.07, 6.45) is 2.63. The summed E-state index contributed by atoms with van der Waals surface area (Å²) in [6.45, 7) is 0.950. The number of hydrogen-bond donors (Lipinski definition) is 2. The summed E-state index contributed by atoms with van der Waals surface area (Å²) in [4.78, 5) is 16.2. The van der Waals surface area contributed by atoms with Crippen LogP contribution in [0, 0.1) is 5.82 Å². The quantitative estimate of drug-likeness (QED) is 0.805. The summed E-state index contributed by atoms with van der Waals surface area (Å²) in [5.41, 5.74) is 0.441. The molecule has 144 valence electrons. The average molecular weight is 369 g/mol. The summed E-state index contributed by atoms with van der Waals surface area (Å²) < 4.78 is 38.4. The minimum absolute atomic E-state index is 0.117. The number of alkyl halides is 1. The molecule has 0 spiro atoms. The molecule has 0 aromatic carbocycles. The van der Waals surface area contributed by atoms with Crippen molar-refractivity contribution < 1.29 is 23.0 Å². The van der Waals surface area contributed by atoms with E-state index >= 15 is 0 Å². The van der Waals surface area contributed by atoms with Crippen LogP contribution in [0.1, 0.15) is 44.1 Å². The third kappa shape index (κ3) is 4.60. The van der Waals surface area contributed by atoms with E-state index in [0.717, 1.165) is 19.4 Å². The number of carbonyl (C=O) groups is 1. The lowest BCUT2D eigenvalue weighted by molar-refractivity contribution is -0.122. The van der Waals surface area contributed by atoms with E-state index in [0.29, 0.717) is 31.2 Å². The highest BCUT2D eigenvalue weighted by Gasteiger charge is 2.25. The van der Waals surface area contributed by atoms with Gasteiger partial charge in [0.25, 0.3) is 5.88 Å². The van der Waals surface area contributed by atoms with E-state index in [2.05, 4.69) is 15.6 Å². The molecule has 2 heterocycles. The molecule has 2 fully saturated rings. The molecule has 1 aliphatic carbocycles. The highest BCUT2D eigenvalue weighted by atomic mass is 19.1. The van der Waals surface area contributed by atoms with E-state index in [1.54, 1.807) is 0 Å². The van der Waals surface area contributed by atoms with Gasteiger partial charge in [0.2, 0.25) is 11.8 Å². The van der Waals surface area contributed by atoms with Gasteiger partial charge in [-0.05, 0) is 51.1 Å². The second kappa shape index (κ2) is 8.62. The van der Waals surface area contributed by atoms with Crippen LogP contribution in [0.3, 0.4) is 0 Å². The molecule has 1 aliphatic heterocycles. The Labute approximate surface area is 151 Å². The van der Waals surface area contributed by atoms with E-state index in [-0.39, 0.29) is 36.4 Å². The summed E-state index contributed by atoms with van der Waals surface area (Å²) in [5.74, 6) is -0.665. The zero-order valence-corrected chi connectivity index (χ0v) is 14.9. The van der Waals surface area contributed by atoms with Crippen molar-refractivity contribution in [3.05, 3.63) is 17.4 Å². The van der Waals surface area contributed by atoms with Crippen LogP contribution in [-0.4, -0.2) is 42.9 Å².